The Balaban J connectivity index is 3.16. The van der Waals surface area contributed by atoms with Crippen molar-refractivity contribution >= 4 is 35.3 Å². The molecule has 0 spiro atoms. The van der Waals surface area contributed by atoms with Gasteiger partial charge in [-0.25, -0.2) is 5.48 Å². The monoisotopic (exact) mass is 261 g/mol. The van der Waals surface area contributed by atoms with Gasteiger partial charge >= 0.3 is 0 Å². The minimum atomic E-state index is 0.496. The van der Waals surface area contributed by atoms with Crippen LogP contribution in [-0.4, -0.2) is 24.0 Å². The maximum absolute atomic E-state index is 8.70. The van der Waals surface area contributed by atoms with Crippen LogP contribution in [0.2, 0.25) is 0 Å². The van der Waals surface area contributed by atoms with Gasteiger partial charge in [-0.3, -0.25) is 0 Å². The molecule has 1 aromatic carbocycles. The van der Waals surface area contributed by atoms with E-state index in [2.05, 4.69) is 36.4 Å². The zero-order chi connectivity index (χ0) is 11.3. The molecule has 0 aromatic heterocycles. The van der Waals surface area contributed by atoms with Crippen molar-refractivity contribution in [1.82, 2.24) is 5.48 Å². The molecule has 0 aliphatic carbocycles. The van der Waals surface area contributed by atoms with Gasteiger partial charge in [0.15, 0.2) is 0 Å². The number of nitrogens with one attached hydrogen (secondary N) is 1. The molecule has 2 nitrogen and oxygen atoms in total. The highest BCUT2D eigenvalue weighted by Crippen LogP contribution is 2.37. The van der Waals surface area contributed by atoms with Gasteiger partial charge in [0.25, 0.3) is 0 Å². The molecule has 0 aliphatic rings. The maximum Gasteiger partial charge on any atom is 0.0458 e. The molecule has 15 heavy (non-hydrogen) atoms. The van der Waals surface area contributed by atoms with Crippen LogP contribution in [0.5, 0.6) is 0 Å². The smallest absolute Gasteiger partial charge is 0.0458 e. The lowest BCUT2D eigenvalue weighted by Gasteiger charge is -2.12. The van der Waals surface area contributed by atoms with Crippen LogP contribution in [0.3, 0.4) is 0 Å². The lowest BCUT2D eigenvalue weighted by molar-refractivity contribution is 0.161. The summed E-state index contributed by atoms with van der Waals surface area (Å²) < 4.78 is 0. The summed E-state index contributed by atoms with van der Waals surface area (Å²) in [6.07, 6.45) is 6.25. The lowest BCUT2D eigenvalue weighted by Crippen LogP contribution is -2.06. The molecule has 5 heteroatoms. The van der Waals surface area contributed by atoms with Gasteiger partial charge in [-0.05, 0) is 36.5 Å². The van der Waals surface area contributed by atoms with Crippen LogP contribution >= 0.6 is 35.3 Å². The Bertz CT molecular complexity index is 305. The standard InChI is InChI=1S/C10H15NOS3/c1-13-8-4-7(6-11-12)5-9(14-2)10(8)15-3/h4-5,11-12H,6H2,1-3H3. The molecular formula is C10H15NOS3. The van der Waals surface area contributed by atoms with Crippen molar-refractivity contribution in [1.29, 1.82) is 0 Å². The zero-order valence-electron chi connectivity index (χ0n) is 9.03. The van der Waals surface area contributed by atoms with Crippen molar-refractivity contribution in [2.75, 3.05) is 18.8 Å². The summed E-state index contributed by atoms with van der Waals surface area (Å²) in [7, 11) is 0. The van der Waals surface area contributed by atoms with Gasteiger partial charge in [0.05, 0.1) is 0 Å². The predicted molar refractivity (Wildman–Crippen MR) is 70.4 cm³/mol. The second-order valence-corrected chi connectivity index (χ2v) is 5.38. The highest BCUT2D eigenvalue weighted by molar-refractivity contribution is 8.03. The molecule has 0 aliphatic heterocycles. The summed E-state index contributed by atoms with van der Waals surface area (Å²) in [6, 6.07) is 4.25. The third-order valence-electron chi connectivity index (χ3n) is 2.01. The predicted octanol–water partition coefficient (Wildman–Crippen LogP) is 3.33. The first-order chi connectivity index (χ1) is 7.26. The maximum atomic E-state index is 8.70. The van der Waals surface area contributed by atoms with Crippen LogP contribution in [0.1, 0.15) is 5.56 Å². The summed E-state index contributed by atoms with van der Waals surface area (Å²) in [4.78, 5) is 3.89. The number of hydrogen-bond acceptors (Lipinski definition) is 5. The number of hydroxylamine groups is 1. The first kappa shape index (κ1) is 13.3. The van der Waals surface area contributed by atoms with Crippen LogP contribution in [0, 0.1) is 0 Å². The van der Waals surface area contributed by atoms with E-state index in [0.29, 0.717) is 6.54 Å². The minimum absolute atomic E-state index is 0.496. The summed E-state index contributed by atoms with van der Waals surface area (Å²) in [5.74, 6) is 0. The molecule has 0 amide bonds. The largest absolute Gasteiger partial charge is 0.316 e. The van der Waals surface area contributed by atoms with Gasteiger partial charge in [0.2, 0.25) is 0 Å². The number of thioether (sulfide) groups is 3. The Morgan fingerprint density at radius 1 is 1.07 bits per heavy atom. The first-order valence-corrected chi connectivity index (χ1v) is 8.10. The fourth-order valence-electron chi connectivity index (χ4n) is 1.33. The number of rotatable bonds is 5. The highest BCUT2D eigenvalue weighted by Gasteiger charge is 2.08. The molecule has 0 heterocycles. The van der Waals surface area contributed by atoms with Crippen molar-refractivity contribution in [3.63, 3.8) is 0 Å². The summed E-state index contributed by atoms with van der Waals surface area (Å²) >= 11 is 5.27. The van der Waals surface area contributed by atoms with Gasteiger partial charge in [-0.2, -0.15) is 0 Å². The van der Waals surface area contributed by atoms with Crippen molar-refractivity contribution in [3.05, 3.63) is 17.7 Å². The third kappa shape index (κ3) is 3.32. The molecule has 0 atom stereocenters. The Hall–Kier alpha value is 0.190. The second-order valence-electron chi connectivity index (χ2n) is 2.87. The zero-order valence-corrected chi connectivity index (χ0v) is 11.5. The molecular weight excluding hydrogens is 246 g/mol. The average Bonchev–Trinajstić information content (AvgIpc) is 2.28. The molecule has 1 rings (SSSR count). The first-order valence-electron chi connectivity index (χ1n) is 4.42. The van der Waals surface area contributed by atoms with E-state index in [4.69, 9.17) is 5.21 Å². The van der Waals surface area contributed by atoms with Crippen LogP contribution in [0.4, 0.5) is 0 Å². The normalized spacial score (nSPS) is 10.7. The van der Waals surface area contributed by atoms with E-state index in [1.807, 2.05) is 0 Å². The Morgan fingerprint density at radius 2 is 1.60 bits per heavy atom. The van der Waals surface area contributed by atoms with Crippen molar-refractivity contribution in [2.45, 2.75) is 21.2 Å². The molecule has 0 unspecified atom stereocenters. The van der Waals surface area contributed by atoms with E-state index in [1.54, 1.807) is 35.3 Å². The molecule has 0 radical (unpaired) electrons. The third-order valence-corrected chi connectivity index (χ3v) is 4.64. The van der Waals surface area contributed by atoms with Crippen LogP contribution in [0.15, 0.2) is 26.8 Å². The summed E-state index contributed by atoms with van der Waals surface area (Å²) in [6.45, 7) is 0.496. The van der Waals surface area contributed by atoms with E-state index in [0.717, 1.165) is 5.56 Å². The van der Waals surface area contributed by atoms with Gasteiger partial charge in [-0.15, -0.1) is 35.3 Å². The van der Waals surface area contributed by atoms with Crippen molar-refractivity contribution in [2.24, 2.45) is 0 Å². The fourth-order valence-corrected chi connectivity index (χ4v) is 4.04. The average molecular weight is 261 g/mol. The molecule has 0 saturated heterocycles. The topological polar surface area (TPSA) is 32.3 Å². The van der Waals surface area contributed by atoms with Gasteiger partial charge in [0, 0.05) is 21.2 Å². The van der Waals surface area contributed by atoms with Gasteiger partial charge in [0.1, 0.15) is 0 Å². The van der Waals surface area contributed by atoms with Gasteiger partial charge < -0.3 is 5.21 Å². The minimum Gasteiger partial charge on any atom is -0.316 e. The van der Waals surface area contributed by atoms with Crippen molar-refractivity contribution in [3.8, 4) is 0 Å². The van der Waals surface area contributed by atoms with E-state index in [9.17, 15) is 0 Å². The fraction of sp³-hybridized carbons (Fsp3) is 0.400. The highest BCUT2D eigenvalue weighted by atomic mass is 32.2. The molecule has 0 fully saturated rings. The second kappa shape index (κ2) is 6.70. The van der Waals surface area contributed by atoms with Gasteiger partial charge in [-0.1, -0.05) is 0 Å². The van der Waals surface area contributed by atoms with E-state index >= 15 is 0 Å². The van der Waals surface area contributed by atoms with Crippen LogP contribution in [0.25, 0.3) is 0 Å². The molecule has 84 valence electrons. The number of benzene rings is 1. The number of hydrogen-bond donors (Lipinski definition) is 2. The van der Waals surface area contributed by atoms with Crippen LogP contribution in [-0.2, 0) is 6.54 Å². The molecule has 0 bridgehead atoms. The van der Waals surface area contributed by atoms with Crippen molar-refractivity contribution < 1.29 is 5.21 Å². The SMILES string of the molecule is CSc1cc(CNO)cc(SC)c1SC. The summed E-state index contributed by atoms with van der Waals surface area (Å²) in [5.41, 5.74) is 3.31. The quantitative estimate of drug-likeness (QED) is 0.627. The van der Waals surface area contributed by atoms with E-state index in [-0.39, 0.29) is 0 Å². The Morgan fingerprint density at radius 3 is 1.93 bits per heavy atom. The lowest BCUT2D eigenvalue weighted by atomic mass is 10.2. The summed E-state index contributed by atoms with van der Waals surface area (Å²) in [5, 5.41) is 8.70. The Kier molecular flexibility index (Phi) is 5.92. The molecule has 2 N–H and O–H groups in total. The van der Waals surface area contributed by atoms with E-state index < -0.39 is 0 Å². The van der Waals surface area contributed by atoms with E-state index in [1.165, 1.54) is 14.7 Å². The molecule has 0 saturated carbocycles. The molecule has 1 aromatic rings. The Labute approximate surface area is 104 Å². The van der Waals surface area contributed by atoms with Crippen LogP contribution < -0.4 is 5.48 Å².